The number of aryl methyl sites for hydroxylation is 4. The van der Waals surface area contributed by atoms with E-state index < -0.39 is 15.8 Å². The minimum Gasteiger partial charge on any atom is -0.0648 e. The van der Waals surface area contributed by atoms with Crippen molar-refractivity contribution in [3.8, 4) is 0 Å². The van der Waals surface area contributed by atoms with Crippen LogP contribution < -0.4 is 21.2 Å². The molecule has 0 N–H and O–H groups in total. The van der Waals surface area contributed by atoms with Crippen molar-refractivity contribution in [2.24, 2.45) is 11.3 Å². The van der Waals surface area contributed by atoms with Crippen LogP contribution in [-0.2, 0) is 0 Å². The third kappa shape index (κ3) is 7.45. The van der Waals surface area contributed by atoms with Gasteiger partial charge in [0.25, 0.3) is 0 Å². The molecule has 0 heterocycles. The van der Waals surface area contributed by atoms with Crippen LogP contribution in [0.5, 0.6) is 0 Å². The van der Waals surface area contributed by atoms with Crippen molar-refractivity contribution in [1.82, 2.24) is 0 Å². The van der Waals surface area contributed by atoms with E-state index in [1.54, 1.807) is 0 Å². The van der Waals surface area contributed by atoms with Gasteiger partial charge in [-0.3, -0.25) is 0 Å². The summed E-state index contributed by atoms with van der Waals surface area (Å²) in [5.74, 6) is 0.379. The maximum absolute atomic E-state index is 2.52. The molecule has 0 aliphatic rings. The van der Waals surface area contributed by atoms with Crippen molar-refractivity contribution >= 4 is 37.1 Å². The van der Waals surface area contributed by atoms with Gasteiger partial charge in [-0.25, -0.2) is 0 Å². The van der Waals surface area contributed by atoms with Crippen LogP contribution in [0.4, 0.5) is 0 Å². The number of hydrogen-bond donors (Lipinski definition) is 0. The average molecular weight is 691 g/mol. The Balaban J connectivity index is 1.74. The largest absolute Gasteiger partial charge is 0.0648 e. The molecule has 50 heavy (non-hydrogen) atoms. The van der Waals surface area contributed by atoms with Gasteiger partial charge in [-0.15, -0.1) is 0 Å². The summed E-state index contributed by atoms with van der Waals surface area (Å²) in [4.78, 5) is 0. The molecule has 0 fully saturated rings. The lowest BCUT2D eigenvalue weighted by molar-refractivity contribution is 0.162. The van der Waals surface area contributed by atoms with Crippen LogP contribution in [0.3, 0.4) is 0 Å². The Hall–Kier alpha value is -3.82. The fraction of sp³-hybridized carbons (Fsp3) is 0.250. The summed E-state index contributed by atoms with van der Waals surface area (Å²) in [6.45, 7) is 16.4. The summed E-state index contributed by atoms with van der Waals surface area (Å²) in [6.07, 6.45) is 1.05. The van der Waals surface area contributed by atoms with Gasteiger partial charge in [0.05, 0.1) is 0 Å². The van der Waals surface area contributed by atoms with E-state index in [9.17, 15) is 0 Å². The molecule has 0 bridgehead atoms. The molecule has 2 heteroatoms. The topological polar surface area (TPSA) is 0 Å². The third-order valence-electron chi connectivity index (χ3n) is 10.7. The van der Waals surface area contributed by atoms with E-state index in [2.05, 4.69) is 206 Å². The van der Waals surface area contributed by atoms with Crippen LogP contribution in [0.15, 0.2) is 158 Å². The van der Waals surface area contributed by atoms with Crippen LogP contribution in [0.1, 0.15) is 71.9 Å². The van der Waals surface area contributed by atoms with Crippen molar-refractivity contribution in [2.45, 2.75) is 66.2 Å². The van der Waals surface area contributed by atoms with Crippen molar-refractivity contribution < 1.29 is 0 Å². The first kappa shape index (κ1) is 36.0. The van der Waals surface area contributed by atoms with Gasteiger partial charge in [-0.05, 0) is 93.6 Å². The smallest absolute Gasteiger partial charge is 0.0190 e. The molecular formula is C48H52P2. The SMILES string of the molecule is CCC(C(C)C)(C(c1ccccc1)P(c1ccc(C)cc1)c1ccc(C)cc1)C(c1ccccc1)P(c1ccc(C)cc1)c1ccc(C)cc1. The first-order valence-corrected chi connectivity index (χ1v) is 21.0. The van der Waals surface area contributed by atoms with Crippen LogP contribution in [0, 0.1) is 39.0 Å². The summed E-state index contributed by atoms with van der Waals surface area (Å²) < 4.78 is 0. The van der Waals surface area contributed by atoms with Crippen molar-refractivity contribution in [1.29, 1.82) is 0 Å². The van der Waals surface area contributed by atoms with Gasteiger partial charge in [-0.1, -0.05) is 201 Å². The Labute approximate surface area is 304 Å². The van der Waals surface area contributed by atoms with E-state index in [1.807, 2.05) is 0 Å². The highest BCUT2D eigenvalue weighted by Crippen LogP contribution is 2.72. The molecule has 0 aliphatic carbocycles. The molecular weight excluding hydrogens is 638 g/mol. The maximum atomic E-state index is 2.52. The molecule has 0 radical (unpaired) electrons. The first-order chi connectivity index (χ1) is 24.2. The standard InChI is InChI=1S/C48H52P2/c1-8-48(35(2)3,46(40-15-11-9-12-16-40)49(42-27-19-36(4)20-28-42)43-29-21-37(5)22-30-43)47(41-17-13-10-14-18-41)50(44-31-23-38(6)24-32-44)45-33-25-39(7)26-34-45/h9-35,46-47H,8H2,1-7H3. The van der Waals surface area contributed by atoms with E-state index in [-0.39, 0.29) is 16.7 Å². The average Bonchev–Trinajstić information content (AvgIpc) is 3.14. The molecule has 6 rings (SSSR count). The highest BCUT2D eigenvalue weighted by Gasteiger charge is 2.53. The number of benzene rings is 6. The molecule has 0 saturated heterocycles. The zero-order valence-electron chi connectivity index (χ0n) is 30.8. The zero-order valence-corrected chi connectivity index (χ0v) is 32.6. The molecule has 0 aliphatic heterocycles. The van der Waals surface area contributed by atoms with E-state index in [1.165, 1.54) is 54.6 Å². The lowest BCUT2D eigenvalue weighted by atomic mass is 9.66. The molecule has 6 aromatic rings. The van der Waals surface area contributed by atoms with Gasteiger partial charge in [0.1, 0.15) is 0 Å². The first-order valence-electron chi connectivity index (χ1n) is 18.2. The quantitative estimate of drug-likeness (QED) is 0.112. The second-order valence-electron chi connectivity index (χ2n) is 14.3. The Morgan fingerprint density at radius 1 is 0.400 bits per heavy atom. The van der Waals surface area contributed by atoms with Crippen LogP contribution in [0.25, 0.3) is 0 Å². The maximum Gasteiger partial charge on any atom is 0.0190 e. The summed E-state index contributed by atoms with van der Waals surface area (Å²) in [5, 5.41) is 5.79. The normalized spacial score (nSPS) is 14.1. The lowest BCUT2D eigenvalue weighted by Crippen LogP contribution is -2.43. The molecule has 0 aromatic heterocycles. The van der Waals surface area contributed by atoms with Gasteiger partial charge in [-0.2, -0.15) is 0 Å². The van der Waals surface area contributed by atoms with Gasteiger partial charge in [0, 0.05) is 11.3 Å². The Morgan fingerprint density at radius 3 is 0.880 bits per heavy atom. The summed E-state index contributed by atoms with van der Waals surface area (Å²) in [6, 6.07) is 61.2. The van der Waals surface area contributed by atoms with Gasteiger partial charge in [0.15, 0.2) is 0 Å². The van der Waals surface area contributed by atoms with Gasteiger partial charge < -0.3 is 0 Å². The van der Waals surface area contributed by atoms with Crippen LogP contribution in [-0.4, -0.2) is 0 Å². The van der Waals surface area contributed by atoms with E-state index in [0.29, 0.717) is 5.92 Å². The minimum absolute atomic E-state index is 0.119. The summed E-state index contributed by atoms with van der Waals surface area (Å²) in [5.41, 5.74) is 8.49. The van der Waals surface area contributed by atoms with E-state index in [4.69, 9.17) is 0 Å². The zero-order chi connectivity index (χ0) is 35.3. The predicted molar refractivity (Wildman–Crippen MR) is 223 cm³/mol. The van der Waals surface area contributed by atoms with Crippen molar-refractivity contribution in [3.05, 3.63) is 191 Å². The Kier molecular flexibility index (Phi) is 11.5. The third-order valence-corrected chi connectivity index (χ3v) is 16.7. The van der Waals surface area contributed by atoms with Crippen LogP contribution >= 0.6 is 15.8 Å². The molecule has 254 valence electrons. The second kappa shape index (κ2) is 16.0. The van der Waals surface area contributed by atoms with E-state index >= 15 is 0 Å². The molecule has 0 spiro atoms. The van der Waals surface area contributed by atoms with Crippen LogP contribution in [0.2, 0.25) is 0 Å². The molecule has 0 saturated carbocycles. The summed E-state index contributed by atoms with van der Waals surface area (Å²) in [7, 11) is -1.65. The second-order valence-corrected chi connectivity index (χ2v) is 18.9. The highest BCUT2D eigenvalue weighted by atomic mass is 31.1. The Morgan fingerprint density at radius 2 is 0.660 bits per heavy atom. The Bertz CT molecular complexity index is 1700. The van der Waals surface area contributed by atoms with Gasteiger partial charge in [0.2, 0.25) is 0 Å². The molecule has 6 aromatic carbocycles. The molecule has 2 unspecified atom stereocenters. The predicted octanol–water partition coefficient (Wildman–Crippen LogP) is 12.0. The van der Waals surface area contributed by atoms with Crippen molar-refractivity contribution in [2.75, 3.05) is 0 Å². The fourth-order valence-corrected chi connectivity index (χ4v) is 14.9. The van der Waals surface area contributed by atoms with E-state index in [0.717, 1.165) is 6.42 Å². The fourth-order valence-electron chi connectivity index (χ4n) is 7.96. The number of rotatable bonds is 12. The molecule has 0 amide bonds. The highest BCUT2D eigenvalue weighted by molar-refractivity contribution is 7.74. The van der Waals surface area contributed by atoms with Gasteiger partial charge >= 0.3 is 0 Å². The molecule has 2 atom stereocenters. The minimum atomic E-state index is -0.827. The monoisotopic (exact) mass is 690 g/mol. The molecule has 0 nitrogen and oxygen atoms in total. The summed E-state index contributed by atoms with van der Waals surface area (Å²) >= 11 is 0. The number of hydrogen-bond acceptors (Lipinski definition) is 0. The van der Waals surface area contributed by atoms with Crippen molar-refractivity contribution in [3.63, 3.8) is 0 Å². The lowest BCUT2D eigenvalue weighted by Gasteiger charge is -2.55.